The molecule has 1 atom stereocenters. The first-order valence-corrected chi connectivity index (χ1v) is 9.22. The minimum Gasteiger partial charge on any atom is -0.441 e. The van der Waals surface area contributed by atoms with E-state index in [0.29, 0.717) is 12.4 Å². The molecule has 0 unspecified atom stereocenters. The second-order valence-corrected chi connectivity index (χ2v) is 6.89. The molecule has 2 N–H and O–H groups in total. The van der Waals surface area contributed by atoms with E-state index in [1.165, 1.54) is 10.8 Å². The van der Waals surface area contributed by atoms with Gasteiger partial charge in [-0.1, -0.05) is 30.3 Å². The zero-order chi connectivity index (χ0) is 17.9. The highest BCUT2D eigenvalue weighted by Gasteiger charge is 2.22. The number of oxazole rings is 1. The van der Waals surface area contributed by atoms with Crippen LogP contribution in [0.3, 0.4) is 0 Å². The number of hydrogen-bond donors (Lipinski definition) is 1. The van der Waals surface area contributed by atoms with Crippen LogP contribution < -0.4 is 5.73 Å². The highest BCUT2D eigenvalue weighted by molar-refractivity contribution is 5.86. The van der Waals surface area contributed by atoms with Gasteiger partial charge in [0.15, 0.2) is 0 Å². The lowest BCUT2D eigenvalue weighted by Crippen LogP contribution is -2.42. The summed E-state index contributed by atoms with van der Waals surface area (Å²) in [7, 11) is 0. The summed E-state index contributed by atoms with van der Waals surface area (Å²) in [4.78, 5) is 7.15. The second kappa shape index (κ2) is 7.58. The van der Waals surface area contributed by atoms with E-state index >= 15 is 0 Å². The lowest BCUT2D eigenvalue weighted by atomic mass is 10.1. The Balaban J connectivity index is 1.53. The van der Waals surface area contributed by atoms with Crippen molar-refractivity contribution in [3.05, 3.63) is 53.9 Å². The van der Waals surface area contributed by atoms with Crippen LogP contribution in [0.4, 0.5) is 0 Å². The summed E-state index contributed by atoms with van der Waals surface area (Å²) in [5.74, 6) is 1.57. The van der Waals surface area contributed by atoms with Crippen molar-refractivity contribution in [3.8, 4) is 11.5 Å². The third-order valence-electron chi connectivity index (χ3n) is 4.97. The number of benzene rings is 2. The molecule has 136 valence electrons. The molecule has 3 aromatic rings. The fraction of sp³-hybridized carbons (Fsp3) is 0.381. The van der Waals surface area contributed by atoms with Crippen LogP contribution in [0.25, 0.3) is 22.2 Å². The average Bonchev–Trinajstić information content (AvgIpc) is 3.02. The van der Waals surface area contributed by atoms with E-state index in [-0.39, 0.29) is 6.10 Å². The topological polar surface area (TPSA) is 64.5 Å². The van der Waals surface area contributed by atoms with Gasteiger partial charge in [0, 0.05) is 25.2 Å². The SMILES string of the molecule is Cc1oc(-c2ccc3ccccc3c2)nc1CN1CCO[C@H](CCN)C1. The number of fused-ring (bicyclic) bond motifs is 1. The molecule has 0 radical (unpaired) electrons. The molecule has 26 heavy (non-hydrogen) atoms. The van der Waals surface area contributed by atoms with Gasteiger partial charge >= 0.3 is 0 Å². The second-order valence-electron chi connectivity index (χ2n) is 6.89. The number of aryl methyl sites for hydroxylation is 1. The van der Waals surface area contributed by atoms with E-state index in [2.05, 4.69) is 47.4 Å². The molecule has 2 heterocycles. The van der Waals surface area contributed by atoms with Gasteiger partial charge in [-0.3, -0.25) is 4.90 Å². The molecule has 0 saturated carbocycles. The molecule has 5 nitrogen and oxygen atoms in total. The van der Waals surface area contributed by atoms with E-state index in [9.17, 15) is 0 Å². The van der Waals surface area contributed by atoms with Gasteiger partial charge in [0.25, 0.3) is 0 Å². The molecule has 5 heteroatoms. The van der Waals surface area contributed by atoms with Crippen LogP contribution in [0, 0.1) is 6.92 Å². The average molecular weight is 351 g/mol. The van der Waals surface area contributed by atoms with Gasteiger partial charge in [-0.05, 0) is 42.8 Å². The first kappa shape index (κ1) is 17.2. The van der Waals surface area contributed by atoms with Crippen molar-refractivity contribution in [2.75, 3.05) is 26.2 Å². The predicted molar refractivity (Wildman–Crippen MR) is 103 cm³/mol. The monoisotopic (exact) mass is 351 g/mol. The summed E-state index contributed by atoms with van der Waals surface area (Å²) in [5, 5.41) is 2.42. The fourth-order valence-electron chi connectivity index (χ4n) is 3.52. The molecule has 1 aliphatic heterocycles. The highest BCUT2D eigenvalue weighted by atomic mass is 16.5. The Bertz CT molecular complexity index is 888. The number of nitrogens with zero attached hydrogens (tertiary/aromatic N) is 2. The Hall–Kier alpha value is -2.21. The van der Waals surface area contributed by atoms with Crippen LogP contribution in [-0.2, 0) is 11.3 Å². The van der Waals surface area contributed by atoms with Crippen LogP contribution >= 0.6 is 0 Å². The lowest BCUT2D eigenvalue weighted by Gasteiger charge is -2.32. The van der Waals surface area contributed by atoms with Crippen molar-refractivity contribution in [2.45, 2.75) is 26.0 Å². The number of nitrogens with two attached hydrogens (primary N) is 1. The van der Waals surface area contributed by atoms with Crippen molar-refractivity contribution in [1.29, 1.82) is 0 Å². The molecule has 2 aromatic carbocycles. The zero-order valence-electron chi connectivity index (χ0n) is 15.1. The number of rotatable bonds is 5. The van der Waals surface area contributed by atoms with Crippen molar-refractivity contribution in [1.82, 2.24) is 9.88 Å². The van der Waals surface area contributed by atoms with Gasteiger partial charge in [-0.25, -0.2) is 4.98 Å². The Labute approximate surface area is 153 Å². The van der Waals surface area contributed by atoms with Crippen molar-refractivity contribution >= 4 is 10.8 Å². The van der Waals surface area contributed by atoms with Gasteiger partial charge in [-0.15, -0.1) is 0 Å². The molecule has 1 aliphatic rings. The summed E-state index contributed by atoms with van der Waals surface area (Å²) >= 11 is 0. The van der Waals surface area contributed by atoms with Gasteiger partial charge in [0.1, 0.15) is 5.76 Å². The van der Waals surface area contributed by atoms with Crippen LogP contribution in [0.1, 0.15) is 17.9 Å². The van der Waals surface area contributed by atoms with Gasteiger partial charge in [0.2, 0.25) is 5.89 Å². The largest absolute Gasteiger partial charge is 0.441 e. The first-order chi connectivity index (χ1) is 12.7. The van der Waals surface area contributed by atoms with Crippen LogP contribution in [0.2, 0.25) is 0 Å². The third-order valence-corrected chi connectivity index (χ3v) is 4.97. The molecule has 0 bridgehead atoms. The molecule has 1 aromatic heterocycles. The van der Waals surface area contributed by atoms with E-state index in [1.807, 2.05) is 6.92 Å². The lowest BCUT2D eigenvalue weighted by molar-refractivity contribution is -0.0339. The predicted octanol–water partition coefficient (Wildman–Crippen LogP) is 3.35. The van der Waals surface area contributed by atoms with Gasteiger partial charge < -0.3 is 14.9 Å². The summed E-state index contributed by atoms with van der Waals surface area (Å²) in [6, 6.07) is 14.6. The minimum absolute atomic E-state index is 0.223. The first-order valence-electron chi connectivity index (χ1n) is 9.22. The maximum absolute atomic E-state index is 5.98. The van der Waals surface area contributed by atoms with Gasteiger partial charge in [-0.2, -0.15) is 0 Å². The van der Waals surface area contributed by atoms with Gasteiger partial charge in [0.05, 0.1) is 18.4 Å². The number of ether oxygens (including phenoxy) is 1. The molecular formula is C21H25N3O2. The normalized spacial score (nSPS) is 18.5. The molecule has 1 fully saturated rings. The number of hydrogen-bond acceptors (Lipinski definition) is 5. The smallest absolute Gasteiger partial charge is 0.226 e. The number of aromatic nitrogens is 1. The van der Waals surface area contributed by atoms with Crippen molar-refractivity contribution in [3.63, 3.8) is 0 Å². The Morgan fingerprint density at radius 2 is 2.04 bits per heavy atom. The van der Waals surface area contributed by atoms with Crippen LogP contribution in [0.15, 0.2) is 46.9 Å². The molecule has 4 rings (SSSR count). The van der Waals surface area contributed by atoms with Crippen molar-refractivity contribution in [2.24, 2.45) is 5.73 Å². The quantitative estimate of drug-likeness (QED) is 0.764. The number of morpholine rings is 1. The maximum atomic E-state index is 5.98. The molecule has 0 aliphatic carbocycles. The fourth-order valence-corrected chi connectivity index (χ4v) is 3.52. The molecule has 1 saturated heterocycles. The highest BCUT2D eigenvalue weighted by Crippen LogP contribution is 2.26. The summed E-state index contributed by atoms with van der Waals surface area (Å²) < 4.78 is 11.7. The molecular weight excluding hydrogens is 326 g/mol. The van der Waals surface area contributed by atoms with E-state index < -0.39 is 0 Å². The van der Waals surface area contributed by atoms with Crippen LogP contribution in [0.5, 0.6) is 0 Å². The Morgan fingerprint density at radius 3 is 2.88 bits per heavy atom. The summed E-state index contributed by atoms with van der Waals surface area (Å²) in [6.07, 6.45) is 1.12. The Kier molecular flexibility index (Phi) is 5.02. The maximum Gasteiger partial charge on any atom is 0.226 e. The van der Waals surface area contributed by atoms with E-state index in [1.54, 1.807) is 0 Å². The zero-order valence-corrected chi connectivity index (χ0v) is 15.1. The minimum atomic E-state index is 0.223. The van der Waals surface area contributed by atoms with E-state index in [4.69, 9.17) is 19.9 Å². The van der Waals surface area contributed by atoms with E-state index in [0.717, 1.165) is 49.7 Å². The standard InChI is InChI=1S/C21H25N3O2/c1-15-20(14-24-10-11-25-19(13-24)8-9-22)23-21(26-15)18-7-6-16-4-2-3-5-17(16)12-18/h2-7,12,19H,8-11,13-14,22H2,1H3/t19-/m1/s1. The molecule has 0 spiro atoms. The third kappa shape index (κ3) is 3.65. The van der Waals surface area contributed by atoms with Crippen LogP contribution in [-0.4, -0.2) is 42.2 Å². The van der Waals surface area contributed by atoms with Crippen molar-refractivity contribution < 1.29 is 9.15 Å². The summed E-state index contributed by atoms with van der Waals surface area (Å²) in [5.41, 5.74) is 7.68. The Morgan fingerprint density at radius 1 is 1.19 bits per heavy atom. The summed E-state index contributed by atoms with van der Waals surface area (Å²) in [6.45, 7) is 6.00. The molecule has 0 amide bonds.